The number of aliphatic imine (C=N–C) groups is 1. The highest BCUT2D eigenvalue weighted by molar-refractivity contribution is 6.10. The summed E-state index contributed by atoms with van der Waals surface area (Å²) in [4.78, 5) is 4.08. The van der Waals surface area contributed by atoms with Gasteiger partial charge in [-0.3, -0.25) is 4.99 Å². The van der Waals surface area contributed by atoms with Crippen LogP contribution in [0.1, 0.15) is 16.7 Å². The van der Waals surface area contributed by atoms with Crippen LogP contribution in [0.4, 0.5) is 13.2 Å². The van der Waals surface area contributed by atoms with E-state index in [1.807, 2.05) is 0 Å². The van der Waals surface area contributed by atoms with Gasteiger partial charge in [-0.15, -0.1) is 0 Å². The largest absolute Gasteiger partial charge is 0.416 e. The summed E-state index contributed by atoms with van der Waals surface area (Å²) in [6, 6.07) is 3.67. The number of benzene rings is 1. The van der Waals surface area contributed by atoms with Crippen molar-refractivity contribution in [3.05, 3.63) is 47.5 Å². The first-order valence-electron chi connectivity index (χ1n) is 4.40. The molecule has 1 nitrogen and oxygen atoms in total. The number of hydrogen-bond donors (Lipinski definition) is 0. The first kappa shape index (κ1) is 9.96. The third-order valence-corrected chi connectivity index (χ3v) is 2.32. The summed E-state index contributed by atoms with van der Waals surface area (Å²) in [5.41, 5.74) is 1.40. The molecule has 4 heteroatoms. The molecule has 0 bridgehead atoms. The lowest BCUT2D eigenvalue weighted by atomic mass is 10.0. The Bertz CT molecular complexity index is 444. The van der Waals surface area contributed by atoms with E-state index in [4.69, 9.17) is 0 Å². The van der Waals surface area contributed by atoms with Crippen LogP contribution in [0, 0.1) is 0 Å². The predicted octanol–water partition coefficient (Wildman–Crippen LogP) is 3.19. The third-order valence-electron chi connectivity index (χ3n) is 2.32. The van der Waals surface area contributed by atoms with Crippen LogP contribution in [0.15, 0.2) is 35.8 Å². The van der Waals surface area contributed by atoms with Crippen molar-refractivity contribution in [1.82, 2.24) is 0 Å². The van der Waals surface area contributed by atoms with Crippen LogP contribution >= 0.6 is 0 Å². The van der Waals surface area contributed by atoms with Crippen molar-refractivity contribution in [3.63, 3.8) is 0 Å². The molecule has 1 heterocycles. The maximum Gasteiger partial charge on any atom is 0.416 e. The van der Waals surface area contributed by atoms with Crippen molar-refractivity contribution in [2.45, 2.75) is 12.7 Å². The number of nitrogens with zero attached hydrogens (tertiary/aromatic N) is 1. The fourth-order valence-corrected chi connectivity index (χ4v) is 1.58. The highest BCUT2D eigenvalue weighted by atomic mass is 19.4. The van der Waals surface area contributed by atoms with Gasteiger partial charge in [0.25, 0.3) is 0 Å². The van der Waals surface area contributed by atoms with E-state index >= 15 is 0 Å². The lowest BCUT2D eigenvalue weighted by Gasteiger charge is -2.08. The lowest BCUT2D eigenvalue weighted by Crippen LogP contribution is -2.06. The summed E-state index contributed by atoms with van der Waals surface area (Å²) in [5, 5.41) is 0. The van der Waals surface area contributed by atoms with Crippen molar-refractivity contribution < 1.29 is 13.2 Å². The quantitative estimate of drug-likeness (QED) is 0.676. The van der Waals surface area contributed by atoms with Crippen molar-refractivity contribution in [2.75, 3.05) is 0 Å². The summed E-state index contributed by atoms with van der Waals surface area (Å²) in [6.45, 7) is 3.87. The smallest absolute Gasteiger partial charge is 0.280 e. The van der Waals surface area contributed by atoms with Crippen LogP contribution in [0.3, 0.4) is 0 Å². The molecular weight excluding hydrogens is 203 g/mol. The monoisotopic (exact) mass is 211 g/mol. The topological polar surface area (TPSA) is 12.4 Å². The molecular formula is C11H8F3N. The van der Waals surface area contributed by atoms with Gasteiger partial charge in [0.2, 0.25) is 0 Å². The van der Waals surface area contributed by atoms with Gasteiger partial charge in [-0.25, -0.2) is 0 Å². The van der Waals surface area contributed by atoms with Crippen LogP contribution in [0.25, 0.3) is 0 Å². The molecule has 15 heavy (non-hydrogen) atoms. The number of hydrogen-bond acceptors (Lipinski definition) is 1. The van der Waals surface area contributed by atoms with E-state index in [0.29, 0.717) is 17.8 Å². The molecule has 1 aliphatic heterocycles. The molecule has 0 N–H and O–H groups in total. The molecule has 0 aromatic heterocycles. The molecule has 2 rings (SSSR count). The minimum Gasteiger partial charge on any atom is -0.280 e. The minimum absolute atomic E-state index is 0.306. The Morgan fingerprint density at radius 3 is 2.67 bits per heavy atom. The highest BCUT2D eigenvalue weighted by Gasteiger charge is 2.31. The van der Waals surface area contributed by atoms with Gasteiger partial charge in [0.15, 0.2) is 0 Å². The number of halogens is 3. The SMILES string of the molecule is C=CC1=NCc2cc(C(F)(F)F)ccc21. The molecule has 1 aliphatic rings. The Balaban J connectivity index is 2.45. The molecule has 0 atom stereocenters. The zero-order valence-electron chi connectivity index (χ0n) is 7.80. The number of alkyl halides is 3. The number of fused-ring (bicyclic) bond motifs is 1. The Morgan fingerprint density at radius 1 is 1.33 bits per heavy atom. The zero-order chi connectivity index (χ0) is 11.1. The van der Waals surface area contributed by atoms with Crippen LogP contribution in [0.5, 0.6) is 0 Å². The minimum atomic E-state index is -4.29. The van der Waals surface area contributed by atoms with E-state index in [1.165, 1.54) is 6.07 Å². The summed E-state index contributed by atoms with van der Waals surface area (Å²) in [5.74, 6) is 0. The van der Waals surface area contributed by atoms with Crippen molar-refractivity contribution in [2.24, 2.45) is 4.99 Å². The van der Waals surface area contributed by atoms with Gasteiger partial charge in [0, 0.05) is 5.56 Å². The maximum absolute atomic E-state index is 12.4. The van der Waals surface area contributed by atoms with Crippen molar-refractivity contribution in [1.29, 1.82) is 0 Å². The zero-order valence-corrected chi connectivity index (χ0v) is 7.80. The first-order valence-corrected chi connectivity index (χ1v) is 4.40. The van der Waals surface area contributed by atoms with Gasteiger partial charge in [-0.2, -0.15) is 13.2 Å². The second-order valence-electron chi connectivity index (χ2n) is 3.28. The van der Waals surface area contributed by atoms with E-state index in [9.17, 15) is 13.2 Å². The summed E-state index contributed by atoms with van der Waals surface area (Å²) in [7, 11) is 0. The van der Waals surface area contributed by atoms with E-state index in [2.05, 4.69) is 11.6 Å². The molecule has 0 spiro atoms. The average molecular weight is 211 g/mol. The molecule has 0 unspecified atom stereocenters. The summed E-state index contributed by atoms with van der Waals surface area (Å²) >= 11 is 0. The fourth-order valence-electron chi connectivity index (χ4n) is 1.58. The standard InChI is InChI=1S/C11H8F3N/c1-2-10-9-4-3-8(11(12,13)14)5-7(9)6-15-10/h2-5H,1,6H2. The molecule has 78 valence electrons. The van der Waals surface area contributed by atoms with Gasteiger partial charge in [-0.05, 0) is 23.8 Å². The fraction of sp³-hybridized carbons (Fsp3) is 0.182. The van der Waals surface area contributed by atoms with E-state index in [0.717, 1.165) is 17.7 Å². The second kappa shape index (κ2) is 3.22. The average Bonchev–Trinajstić information content (AvgIpc) is 2.58. The normalized spacial score (nSPS) is 14.7. The highest BCUT2D eigenvalue weighted by Crippen LogP contribution is 2.32. The Kier molecular flexibility index (Phi) is 2.14. The Hall–Kier alpha value is -1.58. The molecule has 0 saturated heterocycles. The molecule has 0 amide bonds. The molecule has 1 aromatic carbocycles. The maximum atomic E-state index is 12.4. The summed E-state index contributed by atoms with van der Waals surface area (Å²) in [6.07, 6.45) is -2.73. The van der Waals surface area contributed by atoms with Crippen LogP contribution in [-0.2, 0) is 12.7 Å². The molecule has 1 aromatic rings. The van der Waals surface area contributed by atoms with Gasteiger partial charge < -0.3 is 0 Å². The third kappa shape index (κ3) is 1.67. The van der Waals surface area contributed by atoms with Crippen LogP contribution in [0.2, 0.25) is 0 Å². The predicted molar refractivity (Wildman–Crippen MR) is 51.9 cm³/mol. The number of rotatable bonds is 1. The molecule has 0 radical (unpaired) electrons. The first-order chi connectivity index (χ1) is 7.02. The Morgan fingerprint density at radius 2 is 2.07 bits per heavy atom. The van der Waals surface area contributed by atoms with Gasteiger partial charge in [0.05, 0.1) is 17.8 Å². The molecule has 0 fully saturated rings. The lowest BCUT2D eigenvalue weighted by molar-refractivity contribution is -0.137. The second-order valence-corrected chi connectivity index (χ2v) is 3.28. The van der Waals surface area contributed by atoms with Crippen LogP contribution in [-0.4, -0.2) is 5.71 Å². The summed E-state index contributed by atoms with van der Waals surface area (Å²) < 4.78 is 37.1. The van der Waals surface area contributed by atoms with Crippen LogP contribution < -0.4 is 0 Å². The van der Waals surface area contributed by atoms with Gasteiger partial charge in [-0.1, -0.05) is 12.6 Å². The van der Waals surface area contributed by atoms with Gasteiger partial charge in [0.1, 0.15) is 0 Å². The van der Waals surface area contributed by atoms with Gasteiger partial charge >= 0.3 is 6.18 Å². The van der Waals surface area contributed by atoms with E-state index in [-0.39, 0.29) is 0 Å². The van der Waals surface area contributed by atoms with Crippen molar-refractivity contribution in [3.8, 4) is 0 Å². The number of allylic oxidation sites excluding steroid dienone is 1. The Labute approximate surface area is 85.0 Å². The molecule has 0 saturated carbocycles. The van der Waals surface area contributed by atoms with E-state index < -0.39 is 11.7 Å². The molecule has 0 aliphatic carbocycles. The van der Waals surface area contributed by atoms with Crippen molar-refractivity contribution >= 4 is 5.71 Å². The van der Waals surface area contributed by atoms with E-state index in [1.54, 1.807) is 6.08 Å².